The highest BCUT2D eigenvalue weighted by Gasteiger charge is 2.27. The molecule has 1 aliphatic heterocycles. The first-order chi connectivity index (χ1) is 9.33. The molecule has 3 nitrogen and oxygen atoms in total. The summed E-state index contributed by atoms with van der Waals surface area (Å²) >= 11 is 0. The van der Waals surface area contributed by atoms with Gasteiger partial charge in [-0.15, -0.1) is 0 Å². The first-order valence-electron chi connectivity index (χ1n) is 7.48. The normalized spacial score (nSPS) is 23.3. The van der Waals surface area contributed by atoms with Gasteiger partial charge in [0.25, 0.3) is 0 Å². The third-order valence-electron chi connectivity index (χ3n) is 4.29. The van der Waals surface area contributed by atoms with Gasteiger partial charge in [0.05, 0.1) is 0 Å². The summed E-state index contributed by atoms with van der Waals surface area (Å²) in [5.74, 6) is 0.170. The van der Waals surface area contributed by atoms with Crippen molar-refractivity contribution < 1.29 is 4.79 Å². The van der Waals surface area contributed by atoms with Gasteiger partial charge in [-0.2, -0.15) is 0 Å². The Labute approximate surface area is 114 Å². The Bertz CT molecular complexity index is 425. The number of rotatable bonds is 2. The van der Waals surface area contributed by atoms with Crippen LogP contribution in [0, 0.1) is 0 Å². The number of benzene rings is 1. The fourth-order valence-corrected chi connectivity index (χ4v) is 3.18. The van der Waals surface area contributed by atoms with Crippen molar-refractivity contribution in [3.05, 3.63) is 29.8 Å². The van der Waals surface area contributed by atoms with Crippen LogP contribution in [0.15, 0.2) is 24.3 Å². The quantitative estimate of drug-likeness (QED) is 0.801. The molecular weight excluding hydrogens is 236 g/mol. The van der Waals surface area contributed by atoms with Crippen molar-refractivity contribution >= 4 is 11.6 Å². The third-order valence-corrected chi connectivity index (χ3v) is 4.29. The monoisotopic (exact) mass is 258 g/mol. The minimum atomic E-state index is -0.0827. The van der Waals surface area contributed by atoms with E-state index in [1.165, 1.54) is 31.2 Å². The lowest BCUT2D eigenvalue weighted by molar-refractivity contribution is -0.122. The summed E-state index contributed by atoms with van der Waals surface area (Å²) < 4.78 is 0. The number of hydrogen-bond acceptors (Lipinski definition) is 2. The molecule has 1 unspecified atom stereocenters. The molecule has 1 fully saturated rings. The second-order valence-electron chi connectivity index (χ2n) is 5.76. The van der Waals surface area contributed by atoms with Gasteiger partial charge in [0, 0.05) is 18.2 Å². The van der Waals surface area contributed by atoms with E-state index in [1.807, 2.05) is 18.2 Å². The number of anilines is 1. The van der Waals surface area contributed by atoms with Crippen LogP contribution >= 0.6 is 0 Å². The highest BCUT2D eigenvalue weighted by Crippen LogP contribution is 2.25. The zero-order chi connectivity index (χ0) is 13.1. The minimum Gasteiger partial charge on any atom is -0.373 e. The van der Waals surface area contributed by atoms with E-state index in [2.05, 4.69) is 16.7 Å². The van der Waals surface area contributed by atoms with Gasteiger partial charge in [-0.3, -0.25) is 4.79 Å². The molecule has 1 amide bonds. The third kappa shape index (κ3) is 2.91. The van der Waals surface area contributed by atoms with Crippen LogP contribution in [-0.4, -0.2) is 18.0 Å². The van der Waals surface area contributed by atoms with Gasteiger partial charge in [-0.25, -0.2) is 0 Å². The van der Waals surface area contributed by atoms with Gasteiger partial charge < -0.3 is 10.6 Å². The van der Waals surface area contributed by atoms with E-state index in [0.29, 0.717) is 6.04 Å². The van der Waals surface area contributed by atoms with E-state index in [0.717, 1.165) is 24.9 Å². The molecule has 19 heavy (non-hydrogen) atoms. The number of hydrogen-bond donors (Lipinski definition) is 2. The molecule has 1 atom stereocenters. The van der Waals surface area contributed by atoms with Crippen molar-refractivity contribution in [2.45, 2.75) is 57.0 Å². The van der Waals surface area contributed by atoms with Crippen molar-refractivity contribution in [3.8, 4) is 0 Å². The van der Waals surface area contributed by atoms with Crippen LogP contribution in [0.4, 0.5) is 5.69 Å². The number of amides is 1. The summed E-state index contributed by atoms with van der Waals surface area (Å²) in [7, 11) is 0. The molecule has 1 saturated carbocycles. The van der Waals surface area contributed by atoms with Crippen molar-refractivity contribution in [2.24, 2.45) is 0 Å². The maximum absolute atomic E-state index is 12.3. The van der Waals surface area contributed by atoms with Crippen molar-refractivity contribution in [3.63, 3.8) is 0 Å². The predicted octanol–water partition coefficient (Wildman–Crippen LogP) is 2.86. The number of carbonyl (C=O) groups excluding carboxylic acids is 1. The molecule has 0 bridgehead atoms. The largest absolute Gasteiger partial charge is 0.373 e. The van der Waals surface area contributed by atoms with Crippen LogP contribution in [0.1, 0.15) is 44.1 Å². The Morgan fingerprint density at radius 2 is 1.84 bits per heavy atom. The van der Waals surface area contributed by atoms with Crippen LogP contribution in [0.5, 0.6) is 0 Å². The Kier molecular flexibility index (Phi) is 3.72. The SMILES string of the molecule is O=C(NC1CCCCCC1)C1Cc2ccccc2N1. The summed E-state index contributed by atoms with van der Waals surface area (Å²) in [5.41, 5.74) is 2.37. The van der Waals surface area contributed by atoms with Crippen LogP contribution in [0.25, 0.3) is 0 Å². The van der Waals surface area contributed by atoms with Gasteiger partial charge in [0.15, 0.2) is 0 Å². The number of para-hydroxylation sites is 1. The van der Waals surface area contributed by atoms with Crippen LogP contribution in [-0.2, 0) is 11.2 Å². The Morgan fingerprint density at radius 3 is 2.58 bits per heavy atom. The Hall–Kier alpha value is -1.51. The van der Waals surface area contributed by atoms with Crippen molar-refractivity contribution in [1.29, 1.82) is 0 Å². The molecule has 1 aromatic carbocycles. The van der Waals surface area contributed by atoms with Crippen LogP contribution in [0.3, 0.4) is 0 Å². The summed E-state index contributed by atoms with van der Waals surface area (Å²) in [6, 6.07) is 8.50. The lowest BCUT2D eigenvalue weighted by Crippen LogP contribution is -2.43. The van der Waals surface area contributed by atoms with Crippen LogP contribution in [0.2, 0.25) is 0 Å². The first kappa shape index (κ1) is 12.5. The highest BCUT2D eigenvalue weighted by atomic mass is 16.2. The van der Waals surface area contributed by atoms with E-state index < -0.39 is 0 Å². The molecule has 1 aromatic rings. The van der Waals surface area contributed by atoms with E-state index in [-0.39, 0.29) is 11.9 Å². The maximum Gasteiger partial charge on any atom is 0.243 e. The topological polar surface area (TPSA) is 41.1 Å². The Morgan fingerprint density at radius 1 is 1.11 bits per heavy atom. The molecule has 0 radical (unpaired) electrons. The molecule has 0 saturated heterocycles. The number of carbonyl (C=O) groups is 1. The Balaban J connectivity index is 1.57. The van der Waals surface area contributed by atoms with Crippen molar-refractivity contribution in [2.75, 3.05) is 5.32 Å². The van der Waals surface area contributed by atoms with Gasteiger partial charge in [0.1, 0.15) is 6.04 Å². The minimum absolute atomic E-state index is 0.0827. The van der Waals surface area contributed by atoms with Crippen LogP contribution < -0.4 is 10.6 Å². The van der Waals surface area contributed by atoms with Gasteiger partial charge in [-0.1, -0.05) is 43.9 Å². The molecule has 2 N–H and O–H groups in total. The average molecular weight is 258 g/mol. The van der Waals surface area contributed by atoms with E-state index >= 15 is 0 Å². The molecular formula is C16H22N2O. The lowest BCUT2D eigenvalue weighted by Gasteiger charge is -2.19. The average Bonchev–Trinajstić information content (AvgIpc) is 2.70. The van der Waals surface area contributed by atoms with E-state index in [4.69, 9.17) is 0 Å². The second-order valence-corrected chi connectivity index (χ2v) is 5.76. The smallest absolute Gasteiger partial charge is 0.243 e. The first-order valence-corrected chi connectivity index (χ1v) is 7.48. The van der Waals surface area contributed by atoms with Gasteiger partial charge in [0.2, 0.25) is 5.91 Å². The predicted molar refractivity (Wildman–Crippen MR) is 77.2 cm³/mol. The standard InChI is InChI=1S/C16H22N2O/c19-16(17-13-8-3-1-2-4-9-13)15-11-12-7-5-6-10-14(12)18-15/h5-7,10,13,15,18H,1-4,8-9,11H2,(H,17,19). The fraction of sp³-hybridized carbons (Fsp3) is 0.562. The summed E-state index contributed by atoms with van der Waals surface area (Å²) in [5, 5.41) is 6.56. The zero-order valence-corrected chi connectivity index (χ0v) is 11.3. The zero-order valence-electron chi connectivity index (χ0n) is 11.3. The molecule has 0 spiro atoms. The fourth-order valence-electron chi connectivity index (χ4n) is 3.18. The van der Waals surface area contributed by atoms with Crippen molar-refractivity contribution in [1.82, 2.24) is 5.32 Å². The second kappa shape index (κ2) is 5.64. The van der Waals surface area contributed by atoms with E-state index in [1.54, 1.807) is 0 Å². The summed E-state index contributed by atoms with van der Waals surface area (Å²) in [6.45, 7) is 0. The maximum atomic E-state index is 12.3. The molecule has 0 aromatic heterocycles. The highest BCUT2D eigenvalue weighted by molar-refractivity contribution is 5.87. The lowest BCUT2D eigenvalue weighted by atomic mass is 10.1. The molecule has 3 rings (SSSR count). The number of nitrogens with one attached hydrogen (secondary N) is 2. The molecule has 1 aliphatic carbocycles. The molecule has 2 aliphatic rings. The molecule has 102 valence electrons. The summed E-state index contributed by atoms with van der Waals surface area (Å²) in [4.78, 5) is 12.3. The van der Waals surface area contributed by atoms with Gasteiger partial charge in [-0.05, 0) is 24.5 Å². The molecule has 1 heterocycles. The molecule has 3 heteroatoms. The number of fused-ring (bicyclic) bond motifs is 1. The van der Waals surface area contributed by atoms with E-state index in [9.17, 15) is 4.79 Å². The summed E-state index contributed by atoms with van der Waals surface area (Å²) in [6.07, 6.45) is 8.25. The van der Waals surface area contributed by atoms with Gasteiger partial charge >= 0.3 is 0 Å².